The Bertz CT molecular complexity index is 1970. The molecule has 6 rings (SSSR count). The van der Waals surface area contributed by atoms with Crippen LogP contribution in [0.1, 0.15) is 43.9 Å². The fourth-order valence-corrected chi connectivity index (χ4v) is 7.46. The highest BCUT2D eigenvalue weighted by atomic mass is 16.5. The lowest BCUT2D eigenvalue weighted by Gasteiger charge is -2.34. The van der Waals surface area contributed by atoms with Crippen LogP contribution in [0.25, 0.3) is 0 Å². The molecule has 2 amide bonds. The lowest BCUT2D eigenvalue weighted by atomic mass is 9.83. The number of carbonyl (C=O) groups excluding carboxylic acids is 4. The van der Waals surface area contributed by atoms with Crippen LogP contribution in [-0.4, -0.2) is 80.6 Å². The summed E-state index contributed by atoms with van der Waals surface area (Å²) in [6, 6.07) is 17.6. The number of carbonyl (C=O) groups is 4. The maximum Gasteiger partial charge on any atom is 0.340 e. The zero-order valence-corrected chi connectivity index (χ0v) is 31.0. The van der Waals surface area contributed by atoms with Crippen molar-refractivity contribution in [1.82, 2.24) is 0 Å². The predicted octanol–water partition coefficient (Wildman–Crippen LogP) is 5.42. The molecule has 2 heterocycles. The normalized spacial score (nSPS) is 18.9. The minimum atomic E-state index is -1.08. The first-order chi connectivity index (χ1) is 26.1. The average molecular weight is 741 g/mol. The Labute approximate surface area is 312 Å². The summed E-state index contributed by atoms with van der Waals surface area (Å²) in [5, 5.41) is 0. The molecule has 2 fully saturated rings. The number of hydrogen-bond acceptors (Lipinski definition) is 12. The summed E-state index contributed by atoms with van der Waals surface area (Å²) in [7, 11) is 11.3. The topological polar surface area (TPSA) is 149 Å². The molecule has 1 unspecified atom stereocenters. The van der Waals surface area contributed by atoms with E-state index in [-0.39, 0.29) is 22.5 Å². The Morgan fingerprint density at radius 3 is 1.15 bits per heavy atom. The molecule has 14 nitrogen and oxygen atoms in total. The molecule has 2 aliphatic heterocycles. The van der Waals surface area contributed by atoms with Crippen LogP contribution in [0, 0.1) is 11.8 Å². The Balaban J connectivity index is 1.66. The number of ether oxygens (including phenoxy) is 8. The van der Waals surface area contributed by atoms with E-state index in [1.807, 2.05) is 0 Å². The Morgan fingerprint density at radius 2 is 0.833 bits per heavy atom. The molecule has 4 aromatic carbocycles. The molecule has 2 saturated heterocycles. The summed E-state index contributed by atoms with van der Waals surface area (Å²) in [6.07, 6.45) is 0. The molecule has 14 heteroatoms. The zero-order valence-electron chi connectivity index (χ0n) is 31.0. The van der Waals surface area contributed by atoms with E-state index in [2.05, 4.69) is 0 Å². The second kappa shape index (κ2) is 15.3. The minimum Gasteiger partial charge on any atom is -0.497 e. The van der Waals surface area contributed by atoms with Gasteiger partial charge in [-0.1, -0.05) is 12.1 Å². The molecular formula is C40H40N2O12. The van der Waals surface area contributed by atoms with Crippen LogP contribution in [0.2, 0.25) is 0 Å². The van der Waals surface area contributed by atoms with Crippen LogP contribution in [0.15, 0.2) is 72.8 Å². The zero-order chi connectivity index (χ0) is 38.8. The first kappa shape index (κ1) is 37.3. The highest BCUT2D eigenvalue weighted by Gasteiger charge is 2.64. The summed E-state index contributed by atoms with van der Waals surface area (Å²) in [4.78, 5) is 60.3. The number of fused-ring (bicyclic) bond motifs is 1. The van der Waals surface area contributed by atoms with Crippen LogP contribution >= 0.6 is 0 Å². The van der Waals surface area contributed by atoms with Crippen molar-refractivity contribution in [3.63, 3.8) is 0 Å². The fraction of sp³-hybridized carbons (Fsp3) is 0.300. The van der Waals surface area contributed by atoms with E-state index in [4.69, 9.17) is 37.9 Å². The van der Waals surface area contributed by atoms with Crippen LogP contribution in [-0.2, 0) is 19.1 Å². The van der Waals surface area contributed by atoms with E-state index in [9.17, 15) is 9.59 Å². The van der Waals surface area contributed by atoms with Crippen LogP contribution in [0.3, 0.4) is 0 Å². The van der Waals surface area contributed by atoms with Gasteiger partial charge in [0.05, 0.1) is 103 Å². The average Bonchev–Trinajstić information content (AvgIpc) is 3.69. The molecule has 54 heavy (non-hydrogen) atoms. The Hall–Kier alpha value is -6.44. The van der Waals surface area contributed by atoms with Gasteiger partial charge in [0.25, 0.3) is 0 Å². The van der Waals surface area contributed by atoms with E-state index in [1.54, 1.807) is 60.7 Å². The number of nitrogens with zero attached hydrogens (tertiary/aromatic N) is 2. The summed E-state index contributed by atoms with van der Waals surface area (Å²) in [6.45, 7) is 0. The van der Waals surface area contributed by atoms with Crippen molar-refractivity contribution in [3.05, 3.63) is 95.1 Å². The second-order valence-electron chi connectivity index (χ2n) is 12.3. The fourth-order valence-electron chi connectivity index (χ4n) is 7.46. The third-order valence-corrected chi connectivity index (χ3v) is 9.90. The first-order valence-electron chi connectivity index (χ1n) is 16.7. The Morgan fingerprint density at radius 1 is 0.463 bits per heavy atom. The molecule has 4 aromatic rings. The molecule has 0 spiro atoms. The molecule has 282 valence electrons. The quantitative estimate of drug-likeness (QED) is 0.171. The maximum atomic E-state index is 15.4. The largest absolute Gasteiger partial charge is 0.497 e. The Kier molecular flexibility index (Phi) is 10.6. The highest BCUT2D eigenvalue weighted by molar-refractivity contribution is 6.15. The molecule has 4 atom stereocenters. The van der Waals surface area contributed by atoms with Crippen molar-refractivity contribution in [2.24, 2.45) is 11.8 Å². The van der Waals surface area contributed by atoms with E-state index >= 15 is 9.59 Å². The van der Waals surface area contributed by atoms with Gasteiger partial charge in [0.2, 0.25) is 11.8 Å². The predicted molar refractivity (Wildman–Crippen MR) is 195 cm³/mol. The lowest BCUT2D eigenvalue weighted by Crippen LogP contribution is -2.40. The number of hydrogen-bond donors (Lipinski definition) is 0. The summed E-state index contributed by atoms with van der Waals surface area (Å²) < 4.78 is 43.5. The third-order valence-electron chi connectivity index (χ3n) is 9.90. The second-order valence-corrected chi connectivity index (χ2v) is 12.3. The van der Waals surface area contributed by atoms with Crippen molar-refractivity contribution in [3.8, 4) is 34.5 Å². The summed E-state index contributed by atoms with van der Waals surface area (Å²) in [5.41, 5.74) is 1.53. The van der Waals surface area contributed by atoms with Gasteiger partial charge < -0.3 is 47.7 Å². The number of rotatable bonds is 12. The number of methoxy groups -OCH3 is 8. The SMILES string of the molecule is COC(=O)c1cc(OC)ccc1N1C(=O)[C@@H]2[C@@H](C(=O)N(c3ccc(OC)cc3C(=O)OC)[C@H]2c2ccc(OC)c(OC)c2)C1c1ccc(OC)c(OC)c1. The molecule has 0 radical (unpaired) electrons. The van der Waals surface area contributed by atoms with Gasteiger partial charge in [-0.2, -0.15) is 0 Å². The van der Waals surface area contributed by atoms with Gasteiger partial charge in [-0.3, -0.25) is 9.59 Å². The first-order valence-corrected chi connectivity index (χ1v) is 16.7. The van der Waals surface area contributed by atoms with Gasteiger partial charge in [0.1, 0.15) is 11.5 Å². The van der Waals surface area contributed by atoms with Crippen molar-refractivity contribution in [2.75, 3.05) is 66.7 Å². The van der Waals surface area contributed by atoms with Gasteiger partial charge in [-0.05, 0) is 71.8 Å². The molecule has 0 aromatic heterocycles. The van der Waals surface area contributed by atoms with Crippen LogP contribution in [0.4, 0.5) is 11.4 Å². The number of esters is 2. The summed E-state index contributed by atoms with van der Waals surface area (Å²) >= 11 is 0. The van der Waals surface area contributed by atoms with E-state index in [0.717, 1.165) is 0 Å². The highest BCUT2D eigenvalue weighted by Crippen LogP contribution is 2.58. The monoisotopic (exact) mass is 740 g/mol. The van der Waals surface area contributed by atoms with E-state index < -0.39 is 47.7 Å². The molecule has 0 bridgehead atoms. The minimum absolute atomic E-state index is 0.0470. The van der Waals surface area contributed by atoms with E-state index in [1.165, 1.54) is 78.8 Å². The molecular weight excluding hydrogens is 700 g/mol. The van der Waals surface area contributed by atoms with Crippen molar-refractivity contribution in [1.29, 1.82) is 0 Å². The van der Waals surface area contributed by atoms with Crippen LogP contribution in [0.5, 0.6) is 34.5 Å². The maximum absolute atomic E-state index is 15.4. The van der Waals surface area contributed by atoms with Gasteiger partial charge in [0, 0.05) is 0 Å². The smallest absolute Gasteiger partial charge is 0.340 e. The molecule has 2 aliphatic rings. The lowest BCUT2D eigenvalue weighted by molar-refractivity contribution is -0.124. The van der Waals surface area contributed by atoms with Crippen molar-refractivity contribution >= 4 is 35.1 Å². The van der Waals surface area contributed by atoms with Gasteiger partial charge >= 0.3 is 11.9 Å². The molecule has 0 N–H and O–H groups in total. The van der Waals surface area contributed by atoms with Gasteiger partial charge in [-0.25, -0.2) is 9.59 Å². The van der Waals surface area contributed by atoms with Gasteiger partial charge in [-0.15, -0.1) is 0 Å². The third kappa shape index (κ3) is 6.12. The van der Waals surface area contributed by atoms with E-state index in [0.29, 0.717) is 45.6 Å². The number of anilines is 2. The summed E-state index contributed by atoms with van der Waals surface area (Å²) in [5.74, 6) is -2.25. The molecule has 0 saturated carbocycles. The van der Waals surface area contributed by atoms with Gasteiger partial charge in [0.15, 0.2) is 23.0 Å². The number of benzene rings is 4. The van der Waals surface area contributed by atoms with Crippen molar-refractivity contribution in [2.45, 2.75) is 12.1 Å². The standard InChI is InChI=1S/C40H40N2O12/c1-47-23-11-13-27(25(19-23)39(45)53-7)41-35(21-9-15-29(49-3)31(17-21)51-5)33-34(37(41)43)36(22-10-16-30(50-4)32(18-22)52-6)42(38(33)44)28-14-12-24(48-2)20-26(28)40(46)54-8/h9-20,33-36H,1-8H3/t33-,34-,35+,36?/m1/s1. The van der Waals surface area contributed by atoms with Crippen molar-refractivity contribution < 1.29 is 57.1 Å². The van der Waals surface area contributed by atoms with Crippen LogP contribution < -0.4 is 38.2 Å². The number of amides is 2. The molecule has 0 aliphatic carbocycles.